The van der Waals surface area contributed by atoms with Crippen molar-refractivity contribution in [1.29, 1.82) is 0 Å². The molecule has 3 heteroatoms. The van der Waals surface area contributed by atoms with E-state index in [0.29, 0.717) is 6.04 Å². The molecule has 0 spiro atoms. The van der Waals surface area contributed by atoms with E-state index >= 15 is 0 Å². The van der Waals surface area contributed by atoms with E-state index < -0.39 is 0 Å². The van der Waals surface area contributed by atoms with Crippen LogP contribution in [0.1, 0.15) is 18.4 Å². The molecule has 1 aromatic carbocycles. The Morgan fingerprint density at radius 3 is 2.93 bits per heavy atom. The van der Waals surface area contributed by atoms with Crippen molar-refractivity contribution in [3.63, 3.8) is 0 Å². The summed E-state index contributed by atoms with van der Waals surface area (Å²) < 4.78 is 18.2. The van der Waals surface area contributed by atoms with E-state index in [1.54, 1.807) is 19.2 Å². The summed E-state index contributed by atoms with van der Waals surface area (Å²) in [6.45, 7) is 0.893. The normalized spacial score (nSPS) is 15.3. The van der Waals surface area contributed by atoms with E-state index in [1.807, 2.05) is 0 Å². The van der Waals surface area contributed by atoms with Crippen molar-refractivity contribution < 1.29 is 9.13 Å². The van der Waals surface area contributed by atoms with Gasteiger partial charge in [0.25, 0.3) is 0 Å². The second-order valence-electron chi connectivity index (χ2n) is 3.93. The zero-order valence-corrected chi connectivity index (χ0v) is 8.92. The van der Waals surface area contributed by atoms with Crippen LogP contribution in [0.25, 0.3) is 0 Å². The highest BCUT2D eigenvalue weighted by Gasteiger charge is 2.19. The second kappa shape index (κ2) is 4.62. The summed E-state index contributed by atoms with van der Waals surface area (Å²) in [5.74, 6) is 0.575. The van der Waals surface area contributed by atoms with Crippen LogP contribution in [0.2, 0.25) is 0 Å². The van der Waals surface area contributed by atoms with Crippen molar-refractivity contribution in [2.75, 3.05) is 13.7 Å². The highest BCUT2D eigenvalue weighted by atomic mass is 19.1. The molecule has 0 heterocycles. The molecule has 15 heavy (non-hydrogen) atoms. The zero-order chi connectivity index (χ0) is 10.7. The van der Waals surface area contributed by atoms with Gasteiger partial charge in [-0.2, -0.15) is 0 Å². The van der Waals surface area contributed by atoms with E-state index in [0.717, 1.165) is 24.3 Å². The van der Waals surface area contributed by atoms with Crippen molar-refractivity contribution in [3.05, 3.63) is 29.6 Å². The van der Waals surface area contributed by atoms with Crippen LogP contribution in [0.3, 0.4) is 0 Å². The van der Waals surface area contributed by atoms with Crippen molar-refractivity contribution in [3.8, 4) is 5.75 Å². The minimum atomic E-state index is -0.197. The first kappa shape index (κ1) is 10.4. The number of rotatable bonds is 5. The SMILES string of the molecule is COc1ccc(F)cc1CCNC1CC1. The Morgan fingerprint density at radius 2 is 2.27 bits per heavy atom. The highest BCUT2D eigenvalue weighted by Crippen LogP contribution is 2.21. The van der Waals surface area contributed by atoms with Gasteiger partial charge in [0, 0.05) is 6.04 Å². The summed E-state index contributed by atoms with van der Waals surface area (Å²) in [6.07, 6.45) is 3.37. The van der Waals surface area contributed by atoms with Gasteiger partial charge in [0.15, 0.2) is 0 Å². The third-order valence-corrected chi connectivity index (χ3v) is 2.65. The van der Waals surface area contributed by atoms with Gasteiger partial charge in [0.05, 0.1) is 7.11 Å². The van der Waals surface area contributed by atoms with Crippen LogP contribution in [0.4, 0.5) is 4.39 Å². The molecule has 1 fully saturated rings. The van der Waals surface area contributed by atoms with E-state index in [4.69, 9.17) is 4.74 Å². The lowest BCUT2D eigenvalue weighted by molar-refractivity contribution is 0.407. The fourth-order valence-corrected chi connectivity index (χ4v) is 1.64. The molecule has 0 radical (unpaired) electrons. The molecule has 0 unspecified atom stereocenters. The number of ether oxygens (including phenoxy) is 1. The van der Waals surface area contributed by atoms with E-state index in [1.165, 1.54) is 18.9 Å². The van der Waals surface area contributed by atoms with Gasteiger partial charge in [-0.1, -0.05) is 0 Å². The number of nitrogens with one attached hydrogen (secondary N) is 1. The Bertz CT molecular complexity index is 336. The van der Waals surface area contributed by atoms with Gasteiger partial charge in [-0.15, -0.1) is 0 Å². The highest BCUT2D eigenvalue weighted by molar-refractivity contribution is 5.34. The number of hydrogen-bond donors (Lipinski definition) is 1. The third kappa shape index (κ3) is 2.93. The first-order valence-corrected chi connectivity index (χ1v) is 5.35. The molecule has 0 atom stereocenters. The molecule has 0 aliphatic heterocycles. The maximum absolute atomic E-state index is 13.0. The molecule has 1 saturated carbocycles. The van der Waals surface area contributed by atoms with Crippen LogP contribution in [0.5, 0.6) is 5.75 Å². The van der Waals surface area contributed by atoms with Crippen LogP contribution < -0.4 is 10.1 Å². The fraction of sp³-hybridized carbons (Fsp3) is 0.500. The summed E-state index contributed by atoms with van der Waals surface area (Å²) in [5.41, 5.74) is 0.936. The molecule has 1 aliphatic carbocycles. The van der Waals surface area contributed by atoms with Gasteiger partial charge in [-0.05, 0) is 49.6 Å². The van der Waals surface area contributed by atoms with Gasteiger partial charge in [0.2, 0.25) is 0 Å². The van der Waals surface area contributed by atoms with Crippen molar-refractivity contribution in [2.24, 2.45) is 0 Å². The van der Waals surface area contributed by atoms with E-state index in [2.05, 4.69) is 5.32 Å². The quantitative estimate of drug-likeness (QED) is 0.802. The molecule has 82 valence electrons. The van der Waals surface area contributed by atoms with Crippen molar-refractivity contribution >= 4 is 0 Å². The number of benzene rings is 1. The minimum Gasteiger partial charge on any atom is -0.496 e. The summed E-state index contributed by atoms with van der Waals surface area (Å²) in [5, 5.41) is 3.40. The third-order valence-electron chi connectivity index (χ3n) is 2.65. The monoisotopic (exact) mass is 209 g/mol. The standard InChI is InChI=1S/C12H16FNO/c1-15-12-5-2-10(13)8-9(12)6-7-14-11-3-4-11/h2,5,8,11,14H,3-4,6-7H2,1H3. The van der Waals surface area contributed by atoms with Gasteiger partial charge in [0.1, 0.15) is 11.6 Å². The molecular formula is C12H16FNO. The number of hydrogen-bond acceptors (Lipinski definition) is 2. The summed E-state index contributed by atoms with van der Waals surface area (Å²) in [4.78, 5) is 0. The molecule has 0 bridgehead atoms. The predicted molar refractivity (Wildman–Crippen MR) is 57.7 cm³/mol. The average Bonchev–Trinajstić information content (AvgIpc) is 3.02. The molecule has 1 aliphatic rings. The Balaban J connectivity index is 1.94. The molecule has 0 saturated heterocycles. The van der Waals surface area contributed by atoms with Crippen LogP contribution >= 0.6 is 0 Å². The second-order valence-corrected chi connectivity index (χ2v) is 3.93. The van der Waals surface area contributed by atoms with E-state index in [9.17, 15) is 4.39 Å². The zero-order valence-electron chi connectivity index (χ0n) is 8.92. The molecule has 1 N–H and O–H groups in total. The average molecular weight is 209 g/mol. The smallest absolute Gasteiger partial charge is 0.123 e. The number of methoxy groups -OCH3 is 1. The molecule has 0 amide bonds. The summed E-state index contributed by atoms with van der Waals surface area (Å²) >= 11 is 0. The summed E-state index contributed by atoms with van der Waals surface area (Å²) in [7, 11) is 1.62. The van der Waals surface area contributed by atoms with Crippen molar-refractivity contribution in [1.82, 2.24) is 5.32 Å². The van der Waals surface area contributed by atoms with Crippen LogP contribution in [-0.4, -0.2) is 19.7 Å². The molecule has 2 rings (SSSR count). The Labute approximate surface area is 89.4 Å². The topological polar surface area (TPSA) is 21.3 Å². The lowest BCUT2D eigenvalue weighted by Crippen LogP contribution is -2.19. The van der Waals surface area contributed by atoms with E-state index in [-0.39, 0.29) is 5.82 Å². The fourth-order valence-electron chi connectivity index (χ4n) is 1.64. The summed E-state index contributed by atoms with van der Waals surface area (Å²) in [6, 6.07) is 5.36. The molecule has 2 nitrogen and oxygen atoms in total. The van der Waals surface area contributed by atoms with Crippen molar-refractivity contribution in [2.45, 2.75) is 25.3 Å². The Morgan fingerprint density at radius 1 is 1.47 bits per heavy atom. The van der Waals surface area contributed by atoms with Gasteiger partial charge in [-0.3, -0.25) is 0 Å². The van der Waals surface area contributed by atoms with Gasteiger partial charge >= 0.3 is 0 Å². The van der Waals surface area contributed by atoms with Crippen LogP contribution in [0, 0.1) is 5.82 Å². The van der Waals surface area contributed by atoms with Gasteiger partial charge < -0.3 is 10.1 Å². The lowest BCUT2D eigenvalue weighted by Gasteiger charge is -2.08. The Kier molecular flexibility index (Phi) is 3.21. The van der Waals surface area contributed by atoms with Gasteiger partial charge in [-0.25, -0.2) is 4.39 Å². The molecule has 0 aromatic heterocycles. The number of halogens is 1. The minimum absolute atomic E-state index is 0.197. The van der Waals surface area contributed by atoms with Crippen LogP contribution in [0.15, 0.2) is 18.2 Å². The molecule has 1 aromatic rings. The predicted octanol–water partition coefficient (Wildman–Crippen LogP) is 2.13. The largest absolute Gasteiger partial charge is 0.496 e. The first-order valence-electron chi connectivity index (χ1n) is 5.35. The maximum atomic E-state index is 13.0. The molecular weight excluding hydrogens is 193 g/mol. The lowest BCUT2D eigenvalue weighted by atomic mass is 10.1. The Hall–Kier alpha value is -1.09. The van der Waals surface area contributed by atoms with Crippen LogP contribution in [-0.2, 0) is 6.42 Å². The first-order chi connectivity index (χ1) is 7.29. The maximum Gasteiger partial charge on any atom is 0.123 e.